The van der Waals surface area contributed by atoms with Gasteiger partial charge in [-0.3, -0.25) is 4.79 Å². The summed E-state index contributed by atoms with van der Waals surface area (Å²) in [5.74, 6) is 0.943. The molecule has 0 aliphatic rings. The Balaban J connectivity index is 2.02. The molecule has 2 rings (SSSR count). The van der Waals surface area contributed by atoms with Crippen LogP contribution in [0, 0.1) is 10.5 Å². The van der Waals surface area contributed by atoms with E-state index in [1.807, 2.05) is 43.3 Å². The second kappa shape index (κ2) is 7.63. The highest BCUT2D eigenvalue weighted by Crippen LogP contribution is 2.26. The Labute approximate surface area is 145 Å². The van der Waals surface area contributed by atoms with Crippen LogP contribution < -0.4 is 10.1 Å². The fourth-order valence-electron chi connectivity index (χ4n) is 2.17. The SMILES string of the molecule is Cc1ccccc1OCC(=O)Nc1ccc(I)cc1C(C)C. The predicted molar refractivity (Wildman–Crippen MR) is 98.6 cm³/mol. The van der Waals surface area contributed by atoms with Crippen LogP contribution in [0.15, 0.2) is 42.5 Å². The van der Waals surface area contributed by atoms with Crippen molar-refractivity contribution in [1.29, 1.82) is 0 Å². The molecule has 2 aromatic carbocycles. The first kappa shape index (κ1) is 16.8. The van der Waals surface area contributed by atoms with Gasteiger partial charge in [0.1, 0.15) is 5.75 Å². The lowest BCUT2D eigenvalue weighted by Gasteiger charge is -2.15. The molecule has 0 bridgehead atoms. The third-order valence-electron chi connectivity index (χ3n) is 3.36. The Morgan fingerprint density at radius 1 is 1.23 bits per heavy atom. The number of benzene rings is 2. The fourth-order valence-corrected chi connectivity index (χ4v) is 2.69. The lowest BCUT2D eigenvalue weighted by atomic mass is 10.0. The molecule has 1 N–H and O–H groups in total. The van der Waals surface area contributed by atoms with E-state index in [9.17, 15) is 4.79 Å². The molecular formula is C18H20INO2. The Hall–Kier alpha value is -1.56. The van der Waals surface area contributed by atoms with Gasteiger partial charge in [-0.15, -0.1) is 0 Å². The first-order valence-electron chi connectivity index (χ1n) is 7.25. The molecular weight excluding hydrogens is 389 g/mol. The molecule has 0 aliphatic heterocycles. The number of para-hydroxylation sites is 1. The number of amides is 1. The minimum Gasteiger partial charge on any atom is -0.483 e. The number of hydrogen-bond acceptors (Lipinski definition) is 2. The average molecular weight is 409 g/mol. The number of carbonyl (C=O) groups is 1. The van der Waals surface area contributed by atoms with Gasteiger partial charge in [-0.2, -0.15) is 0 Å². The van der Waals surface area contributed by atoms with Crippen molar-refractivity contribution in [3.63, 3.8) is 0 Å². The molecule has 0 unspecified atom stereocenters. The Kier molecular flexibility index (Phi) is 5.83. The van der Waals surface area contributed by atoms with E-state index in [1.165, 1.54) is 0 Å². The van der Waals surface area contributed by atoms with Crippen LogP contribution in [0.4, 0.5) is 5.69 Å². The molecule has 0 saturated heterocycles. The van der Waals surface area contributed by atoms with Crippen molar-refractivity contribution < 1.29 is 9.53 Å². The molecule has 1 amide bonds. The molecule has 22 heavy (non-hydrogen) atoms. The third kappa shape index (κ3) is 4.47. The molecule has 116 valence electrons. The van der Waals surface area contributed by atoms with E-state index in [1.54, 1.807) is 0 Å². The second-order valence-electron chi connectivity index (χ2n) is 5.49. The minimum absolute atomic E-state index is 0.00831. The summed E-state index contributed by atoms with van der Waals surface area (Å²) in [5, 5.41) is 2.94. The molecule has 0 saturated carbocycles. The summed E-state index contributed by atoms with van der Waals surface area (Å²) in [7, 11) is 0. The maximum absolute atomic E-state index is 12.1. The molecule has 4 heteroatoms. The van der Waals surface area contributed by atoms with Crippen molar-refractivity contribution in [3.05, 3.63) is 57.2 Å². The van der Waals surface area contributed by atoms with Gasteiger partial charge in [-0.1, -0.05) is 32.0 Å². The molecule has 2 aromatic rings. The second-order valence-corrected chi connectivity index (χ2v) is 6.73. The van der Waals surface area contributed by atoms with Crippen LogP contribution in [-0.2, 0) is 4.79 Å². The quantitative estimate of drug-likeness (QED) is 0.725. The number of halogens is 1. The Bertz CT molecular complexity index is 668. The molecule has 0 aromatic heterocycles. The molecule has 0 radical (unpaired) electrons. The highest BCUT2D eigenvalue weighted by molar-refractivity contribution is 14.1. The largest absolute Gasteiger partial charge is 0.483 e. The van der Waals surface area contributed by atoms with Crippen LogP contribution in [0.3, 0.4) is 0 Å². The van der Waals surface area contributed by atoms with E-state index < -0.39 is 0 Å². The standard InChI is InChI=1S/C18H20INO2/c1-12(2)15-10-14(19)8-9-16(15)20-18(21)11-22-17-7-5-4-6-13(17)3/h4-10,12H,11H2,1-3H3,(H,20,21). The topological polar surface area (TPSA) is 38.3 Å². The molecule has 0 heterocycles. The van der Waals surface area contributed by atoms with Gasteiger partial charge in [0.15, 0.2) is 6.61 Å². The highest BCUT2D eigenvalue weighted by atomic mass is 127. The third-order valence-corrected chi connectivity index (χ3v) is 4.03. The monoisotopic (exact) mass is 409 g/mol. The van der Waals surface area contributed by atoms with Gasteiger partial charge in [0, 0.05) is 9.26 Å². The minimum atomic E-state index is -0.147. The highest BCUT2D eigenvalue weighted by Gasteiger charge is 2.11. The van der Waals surface area contributed by atoms with Crippen LogP contribution in [0.1, 0.15) is 30.9 Å². The number of ether oxygens (including phenoxy) is 1. The summed E-state index contributed by atoms with van der Waals surface area (Å²) < 4.78 is 6.74. The number of anilines is 1. The maximum Gasteiger partial charge on any atom is 0.262 e. The number of nitrogens with one attached hydrogen (secondary N) is 1. The number of rotatable bonds is 5. The number of carbonyl (C=O) groups excluding carboxylic acids is 1. The normalized spacial score (nSPS) is 10.6. The van der Waals surface area contributed by atoms with Crippen molar-refractivity contribution in [2.45, 2.75) is 26.7 Å². The van der Waals surface area contributed by atoms with Gasteiger partial charge < -0.3 is 10.1 Å². The summed E-state index contributed by atoms with van der Waals surface area (Å²) in [5.41, 5.74) is 3.01. The van der Waals surface area contributed by atoms with Crippen LogP contribution >= 0.6 is 22.6 Å². The average Bonchev–Trinajstić information content (AvgIpc) is 2.48. The fraction of sp³-hybridized carbons (Fsp3) is 0.278. The van der Waals surface area contributed by atoms with Gasteiger partial charge >= 0.3 is 0 Å². The van der Waals surface area contributed by atoms with Gasteiger partial charge in [0.2, 0.25) is 0 Å². The molecule has 0 atom stereocenters. The summed E-state index contributed by atoms with van der Waals surface area (Å²) in [4.78, 5) is 12.1. The first-order valence-corrected chi connectivity index (χ1v) is 8.33. The van der Waals surface area contributed by atoms with E-state index in [0.29, 0.717) is 5.92 Å². The lowest BCUT2D eigenvalue weighted by molar-refractivity contribution is -0.118. The van der Waals surface area contributed by atoms with E-state index in [-0.39, 0.29) is 12.5 Å². The Morgan fingerprint density at radius 3 is 2.64 bits per heavy atom. The molecule has 3 nitrogen and oxygen atoms in total. The lowest BCUT2D eigenvalue weighted by Crippen LogP contribution is -2.21. The van der Waals surface area contributed by atoms with Crippen LogP contribution in [0.2, 0.25) is 0 Å². The molecule has 0 aliphatic carbocycles. The van der Waals surface area contributed by atoms with Crippen molar-refractivity contribution >= 4 is 34.2 Å². The van der Waals surface area contributed by atoms with Gasteiger partial charge in [0.05, 0.1) is 0 Å². The van der Waals surface area contributed by atoms with E-state index >= 15 is 0 Å². The first-order chi connectivity index (χ1) is 10.5. The summed E-state index contributed by atoms with van der Waals surface area (Å²) in [6.45, 7) is 6.20. The zero-order chi connectivity index (χ0) is 16.1. The van der Waals surface area contributed by atoms with E-state index in [2.05, 4.69) is 47.8 Å². The predicted octanol–water partition coefficient (Wildman–Crippen LogP) is 4.74. The smallest absolute Gasteiger partial charge is 0.262 e. The van der Waals surface area contributed by atoms with Crippen LogP contribution in [0.5, 0.6) is 5.75 Å². The van der Waals surface area contributed by atoms with Crippen molar-refractivity contribution in [3.8, 4) is 5.75 Å². The van der Waals surface area contributed by atoms with Crippen molar-refractivity contribution in [1.82, 2.24) is 0 Å². The maximum atomic E-state index is 12.1. The van der Waals surface area contributed by atoms with Crippen molar-refractivity contribution in [2.75, 3.05) is 11.9 Å². The summed E-state index contributed by atoms with van der Waals surface area (Å²) in [6, 6.07) is 13.7. The Morgan fingerprint density at radius 2 is 1.95 bits per heavy atom. The van der Waals surface area contributed by atoms with E-state index in [0.717, 1.165) is 26.1 Å². The summed E-state index contributed by atoms with van der Waals surface area (Å²) >= 11 is 2.28. The van der Waals surface area contributed by atoms with Gasteiger partial charge in [-0.05, 0) is 70.8 Å². The summed E-state index contributed by atoms with van der Waals surface area (Å²) in [6.07, 6.45) is 0. The van der Waals surface area contributed by atoms with Gasteiger partial charge in [0.25, 0.3) is 5.91 Å². The molecule has 0 spiro atoms. The molecule has 0 fully saturated rings. The van der Waals surface area contributed by atoms with Crippen molar-refractivity contribution in [2.24, 2.45) is 0 Å². The zero-order valence-corrected chi connectivity index (χ0v) is 15.2. The zero-order valence-electron chi connectivity index (χ0n) is 13.0. The van der Waals surface area contributed by atoms with Crippen LogP contribution in [0.25, 0.3) is 0 Å². The number of aryl methyl sites for hydroxylation is 1. The van der Waals surface area contributed by atoms with Gasteiger partial charge in [-0.25, -0.2) is 0 Å². The van der Waals surface area contributed by atoms with E-state index in [4.69, 9.17) is 4.74 Å². The number of hydrogen-bond donors (Lipinski definition) is 1. The van der Waals surface area contributed by atoms with Crippen LogP contribution in [-0.4, -0.2) is 12.5 Å².